The minimum atomic E-state index is -0.428. The number of benzene rings is 1. The van der Waals surface area contributed by atoms with E-state index in [0.717, 1.165) is 16.8 Å². The van der Waals surface area contributed by atoms with Crippen LogP contribution in [0.25, 0.3) is 0 Å². The normalized spacial score (nSPS) is 9.17. The number of carbonyl (C=O) groups excluding carboxylic acids is 1. The van der Waals surface area contributed by atoms with Gasteiger partial charge >= 0.3 is 0 Å². The average Bonchev–Trinajstić information content (AvgIpc) is 2.33. The second-order valence-corrected chi connectivity index (χ2v) is 4.12. The lowest BCUT2D eigenvalue weighted by atomic mass is 10.1. The van der Waals surface area contributed by atoms with Crippen LogP contribution in [0.15, 0.2) is 18.2 Å². The Labute approximate surface area is 111 Å². The van der Waals surface area contributed by atoms with Crippen LogP contribution in [0.4, 0.5) is 5.69 Å². The van der Waals surface area contributed by atoms with Crippen LogP contribution in [-0.4, -0.2) is 11.0 Å². The number of hydrogen-bond acceptors (Lipinski definition) is 3. The van der Waals surface area contributed by atoms with Crippen molar-refractivity contribution in [2.45, 2.75) is 20.3 Å². The van der Waals surface area contributed by atoms with Crippen molar-refractivity contribution in [1.29, 1.82) is 5.26 Å². The Morgan fingerprint density at radius 2 is 2.11 bits per heavy atom. The Bertz CT molecular complexity index is 507. The third-order valence-electron chi connectivity index (χ3n) is 2.41. The van der Waals surface area contributed by atoms with Gasteiger partial charge in [0.15, 0.2) is 5.11 Å². The summed E-state index contributed by atoms with van der Waals surface area (Å²) < 4.78 is 0. The van der Waals surface area contributed by atoms with Crippen molar-refractivity contribution in [2.75, 3.05) is 5.32 Å². The van der Waals surface area contributed by atoms with Gasteiger partial charge in [-0.15, -0.1) is 0 Å². The molecule has 0 heterocycles. The summed E-state index contributed by atoms with van der Waals surface area (Å²) in [5.41, 5.74) is 7.97. The van der Waals surface area contributed by atoms with Gasteiger partial charge in [0, 0.05) is 5.69 Å². The van der Waals surface area contributed by atoms with Crippen molar-refractivity contribution in [3.8, 4) is 6.07 Å². The molecular formula is C12H14N4OS. The quantitative estimate of drug-likeness (QED) is 0.556. The Kier molecular flexibility index (Phi) is 5.08. The molecule has 0 unspecified atom stereocenters. The highest BCUT2D eigenvalue weighted by Gasteiger charge is 2.04. The van der Waals surface area contributed by atoms with Crippen molar-refractivity contribution >= 4 is 28.9 Å². The van der Waals surface area contributed by atoms with E-state index in [1.165, 1.54) is 0 Å². The van der Waals surface area contributed by atoms with E-state index in [1.54, 1.807) is 6.07 Å². The zero-order valence-electron chi connectivity index (χ0n) is 10.2. The fourth-order valence-corrected chi connectivity index (χ4v) is 1.44. The van der Waals surface area contributed by atoms with Gasteiger partial charge in [0.1, 0.15) is 6.42 Å². The summed E-state index contributed by atoms with van der Waals surface area (Å²) >= 11 is 5.02. The molecule has 94 valence electrons. The van der Waals surface area contributed by atoms with Crippen LogP contribution in [0.5, 0.6) is 0 Å². The SMILES string of the molecule is Cc1cccc(NC(=S)NNC(=O)CC#N)c1C. The molecule has 0 bridgehead atoms. The molecule has 0 aromatic heterocycles. The lowest BCUT2D eigenvalue weighted by Crippen LogP contribution is -2.43. The Morgan fingerprint density at radius 1 is 1.39 bits per heavy atom. The molecule has 6 heteroatoms. The van der Waals surface area contributed by atoms with Crippen molar-refractivity contribution < 1.29 is 4.79 Å². The third kappa shape index (κ3) is 4.03. The number of nitriles is 1. The van der Waals surface area contributed by atoms with E-state index in [9.17, 15) is 4.79 Å². The summed E-state index contributed by atoms with van der Waals surface area (Å²) in [6.45, 7) is 3.99. The molecule has 18 heavy (non-hydrogen) atoms. The highest BCUT2D eigenvalue weighted by atomic mass is 32.1. The van der Waals surface area contributed by atoms with E-state index in [-0.39, 0.29) is 11.5 Å². The molecule has 0 fully saturated rings. The minimum absolute atomic E-state index is 0.209. The van der Waals surface area contributed by atoms with E-state index in [4.69, 9.17) is 17.5 Å². The first kappa shape index (κ1) is 13.9. The zero-order valence-corrected chi connectivity index (χ0v) is 11.0. The van der Waals surface area contributed by atoms with Gasteiger partial charge in [-0.25, -0.2) is 0 Å². The summed E-state index contributed by atoms with van der Waals surface area (Å²) in [6, 6.07) is 7.56. The van der Waals surface area contributed by atoms with Gasteiger partial charge in [-0.2, -0.15) is 5.26 Å². The average molecular weight is 262 g/mol. The number of hydrazine groups is 1. The molecule has 0 saturated carbocycles. The molecule has 3 N–H and O–H groups in total. The molecule has 1 rings (SSSR count). The van der Waals surface area contributed by atoms with E-state index < -0.39 is 5.91 Å². The molecule has 0 spiro atoms. The number of carbonyl (C=O) groups is 1. The molecule has 0 aliphatic heterocycles. The summed E-state index contributed by atoms with van der Waals surface area (Å²) in [6.07, 6.45) is -0.209. The van der Waals surface area contributed by atoms with Crippen LogP contribution < -0.4 is 16.2 Å². The molecule has 1 amide bonds. The van der Waals surface area contributed by atoms with E-state index in [2.05, 4.69) is 16.2 Å². The number of nitrogens with zero attached hydrogens (tertiary/aromatic N) is 1. The number of thiocarbonyl (C=S) groups is 1. The second-order valence-electron chi connectivity index (χ2n) is 3.71. The van der Waals surface area contributed by atoms with Crippen molar-refractivity contribution in [2.24, 2.45) is 0 Å². The Hall–Kier alpha value is -2.13. The summed E-state index contributed by atoms with van der Waals surface area (Å²) in [7, 11) is 0. The maximum absolute atomic E-state index is 11.0. The smallest absolute Gasteiger partial charge is 0.252 e. The number of rotatable bonds is 2. The van der Waals surface area contributed by atoms with E-state index in [1.807, 2.05) is 32.0 Å². The standard InChI is InChI=1S/C12H14N4OS/c1-8-4-3-5-10(9(8)2)14-12(18)16-15-11(17)6-7-13/h3-5H,6H2,1-2H3,(H,15,17)(H2,14,16,18). The van der Waals surface area contributed by atoms with Crippen LogP contribution >= 0.6 is 12.2 Å². The molecule has 5 nitrogen and oxygen atoms in total. The van der Waals surface area contributed by atoms with Crippen LogP contribution in [0, 0.1) is 25.2 Å². The molecule has 0 aliphatic rings. The molecule has 0 atom stereocenters. The molecule has 0 radical (unpaired) electrons. The second kappa shape index (κ2) is 6.57. The van der Waals surface area contributed by atoms with Gasteiger partial charge in [-0.3, -0.25) is 15.6 Å². The highest BCUT2D eigenvalue weighted by molar-refractivity contribution is 7.80. The van der Waals surface area contributed by atoms with E-state index >= 15 is 0 Å². The minimum Gasteiger partial charge on any atom is -0.331 e. The summed E-state index contributed by atoms with van der Waals surface area (Å²) in [5, 5.41) is 11.6. The fourth-order valence-electron chi connectivity index (χ4n) is 1.28. The van der Waals surface area contributed by atoms with Gasteiger partial charge < -0.3 is 5.32 Å². The summed E-state index contributed by atoms with van der Waals surface area (Å²) in [4.78, 5) is 11.0. The third-order valence-corrected chi connectivity index (χ3v) is 2.61. The van der Waals surface area contributed by atoms with Gasteiger partial charge in [-0.1, -0.05) is 12.1 Å². The van der Waals surface area contributed by atoms with Gasteiger partial charge in [0.05, 0.1) is 6.07 Å². The largest absolute Gasteiger partial charge is 0.331 e. The number of anilines is 1. The fraction of sp³-hybridized carbons (Fsp3) is 0.250. The molecule has 0 saturated heterocycles. The van der Waals surface area contributed by atoms with Gasteiger partial charge in [-0.05, 0) is 43.3 Å². The molecule has 1 aromatic carbocycles. The predicted molar refractivity (Wildman–Crippen MR) is 73.6 cm³/mol. The Balaban J connectivity index is 2.53. The maximum Gasteiger partial charge on any atom is 0.252 e. The van der Waals surface area contributed by atoms with E-state index in [0.29, 0.717) is 0 Å². The Morgan fingerprint density at radius 3 is 2.78 bits per heavy atom. The monoisotopic (exact) mass is 262 g/mol. The first-order valence-electron chi connectivity index (χ1n) is 5.33. The first-order valence-corrected chi connectivity index (χ1v) is 5.74. The van der Waals surface area contributed by atoms with Crippen molar-refractivity contribution in [3.05, 3.63) is 29.3 Å². The number of amides is 1. The topological polar surface area (TPSA) is 76.9 Å². The molecule has 0 aliphatic carbocycles. The van der Waals surface area contributed by atoms with Gasteiger partial charge in [0.25, 0.3) is 5.91 Å². The van der Waals surface area contributed by atoms with Crippen molar-refractivity contribution in [1.82, 2.24) is 10.9 Å². The summed E-state index contributed by atoms with van der Waals surface area (Å²) in [5.74, 6) is -0.428. The molecular weight excluding hydrogens is 248 g/mol. The van der Waals surface area contributed by atoms with Crippen LogP contribution in [0.2, 0.25) is 0 Å². The number of hydrogen-bond donors (Lipinski definition) is 3. The zero-order chi connectivity index (χ0) is 13.5. The number of nitrogens with one attached hydrogen (secondary N) is 3. The lowest BCUT2D eigenvalue weighted by Gasteiger charge is -2.13. The first-order chi connectivity index (χ1) is 8.54. The lowest BCUT2D eigenvalue weighted by molar-refractivity contribution is -0.120. The maximum atomic E-state index is 11.0. The molecule has 1 aromatic rings. The predicted octanol–water partition coefficient (Wildman–Crippen LogP) is 1.53. The highest BCUT2D eigenvalue weighted by Crippen LogP contribution is 2.17. The number of aryl methyl sites for hydroxylation is 1. The van der Waals surface area contributed by atoms with Crippen LogP contribution in [0.3, 0.4) is 0 Å². The van der Waals surface area contributed by atoms with Crippen molar-refractivity contribution in [3.63, 3.8) is 0 Å². The van der Waals surface area contributed by atoms with Gasteiger partial charge in [0.2, 0.25) is 0 Å². The van der Waals surface area contributed by atoms with Crippen LogP contribution in [-0.2, 0) is 4.79 Å². The van der Waals surface area contributed by atoms with Crippen LogP contribution in [0.1, 0.15) is 17.5 Å².